The fourth-order valence-electron chi connectivity index (χ4n) is 3.62. The van der Waals surface area contributed by atoms with Crippen LogP contribution in [0.1, 0.15) is 29.1 Å². The molecule has 3 aromatic rings. The number of halogens is 1. The van der Waals surface area contributed by atoms with E-state index < -0.39 is 29.3 Å². The summed E-state index contributed by atoms with van der Waals surface area (Å²) in [6, 6.07) is 8.93. The van der Waals surface area contributed by atoms with Gasteiger partial charge in [0.1, 0.15) is 16.6 Å². The quantitative estimate of drug-likeness (QED) is 0.332. The number of amides is 1. The Morgan fingerprint density at radius 2 is 1.79 bits per heavy atom. The predicted molar refractivity (Wildman–Crippen MR) is 120 cm³/mol. The number of aliphatic hydroxyl groups is 1. The van der Waals surface area contributed by atoms with E-state index in [1.165, 1.54) is 42.6 Å². The molecule has 4 rings (SSSR count). The van der Waals surface area contributed by atoms with E-state index in [0.29, 0.717) is 28.5 Å². The van der Waals surface area contributed by atoms with Crippen molar-refractivity contribution in [3.05, 3.63) is 70.0 Å². The standard InChI is InChI=1S/C23H20FN3O5S/c1-4-17-25-26-23(33-17)27-19(13-7-10-15(31-2)16(11-13)32-3)18(21(29)22(27)30)20(28)12-5-8-14(24)9-6-12/h5-11,19,28H,4H2,1-3H3/b20-18+. The minimum atomic E-state index is -1.01. The van der Waals surface area contributed by atoms with Crippen LogP contribution in [0.3, 0.4) is 0 Å². The summed E-state index contributed by atoms with van der Waals surface area (Å²) in [5.41, 5.74) is 0.544. The fourth-order valence-corrected chi connectivity index (χ4v) is 4.42. The molecule has 0 saturated carbocycles. The molecule has 1 amide bonds. The zero-order valence-electron chi connectivity index (χ0n) is 18.0. The Labute approximate surface area is 192 Å². The summed E-state index contributed by atoms with van der Waals surface area (Å²) in [4.78, 5) is 27.5. The zero-order chi connectivity index (χ0) is 23.7. The number of carbonyl (C=O) groups excluding carboxylic acids is 2. The highest BCUT2D eigenvalue weighted by Gasteiger charge is 2.48. The Kier molecular flexibility index (Phi) is 6.10. The molecule has 2 aromatic carbocycles. The smallest absolute Gasteiger partial charge is 0.301 e. The van der Waals surface area contributed by atoms with Crippen LogP contribution in [0.15, 0.2) is 48.0 Å². The summed E-state index contributed by atoms with van der Waals surface area (Å²) >= 11 is 1.18. The number of Topliss-reactive ketones (excluding diaryl/α,β-unsaturated/α-hetero) is 1. The lowest BCUT2D eigenvalue weighted by Gasteiger charge is -2.23. The number of nitrogens with zero attached hydrogens (tertiary/aromatic N) is 3. The molecule has 1 unspecified atom stereocenters. The van der Waals surface area contributed by atoms with Crippen molar-refractivity contribution in [3.63, 3.8) is 0 Å². The number of hydrogen-bond donors (Lipinski definition) is 1. The number of aromatic nitrogens is 2. The third kappa shape index (κ3) is 3.93. The molecule has 170 valence electrons. The average molecular weight is 469 g/mol. The minimum absolute atomic E-state index is 0.146. The molecule has 10 heteroatoms. The van der Waals surface area contributed by atoms with Gasteiger partial charge in [-0.25, -0.2) is 4.39 Å². The van der Waals surface area contributed by atoms with Crippen molar-refractivity contribution < 1.29 is 28.6 Å². The van der Waals surface area contributed by atoms with E-state index in [1.54, 1.807) is 18.2 Å². The first-order valence-electron chi connectivity index (χ1n) is 10.0. The number of benzene rings is 2. The molecule has 1 N–H and O–H groups in total. The van der Waals surface area contributed by atoms with Crippen molar-refractivity contribution in [2.24, 2.45) is 0 Å². The Bertz CT molecular complexity index is 1260. The molecule has 33 heavy (non-hydrogen) atoms. The van der Waals surface area contributed by atoms with Gasteiger partial charge >= 0.3 is 5.91 Å². The van der Waals surface area contributed by atoms with E-state index >= 15 is 0 Å². The van der Waals surface area contributed by atoms with E-state index in [2.05, 4.69) is 10.2 Å². The maximum atomic E-state index is 13.4. The van der Waals surface area contributed by atoms with Gasteiger partial charge in [0.2, 0.25) is 5.13 Å². The summed E-state index contributed by atoms with van der Waals surface area (Å²) < 4.78 is 24.1. The fraction of sp³-hybridized carbons (Fsp3) is 0.217. The number of anilines is 1. The van der Waals surface area contributed by atoms with Crippen LogP contribution < -0.4 is 14.4 Å². The molecule has 1 aromatic heterocycles. The molecular weight excluding hydrogens is 449 g/mol. The Hall–Kier alpha value is -3.79. The minimum Gasteiger partial charge on any atom is -0.507 e. The van der Waals surface area contributed by atoms with Crippen LogP contribution in [0.25, 0.3) is 5.76 Å². The summed E-state index contributed by atoms with van der Waals surface area (Å²) in [6.45, 7) is 1.90. The zero-order valence-corrected chi connectivity index (χ0v) is 18.9. The van der Waals surface area contributed by atoms with Gasteiger partial charge in [0.15, 0.2) is 11.5 Å². The summed E-state index contributed by atoms with van der Waals surface area (Å²) in [6.07, 6.45) is 0.609. The second-order valence-corrected chi connectivity index (χ2v) is 8.16. The van der Waals surface area contributed by atoms with Crippen molar-refractivity contribution in [1.29, 1.82) is 0 Å². The lowest BCUT2D eigenvalue weighted by atomic mass is 9.95. The number of aliphatic hydroxyl groups excluding tert-OH is 1. The average Bonchev–Trinajstić information content (AvgIpc) is 3.41. The molecule has 1 atom stereocenters. The van der Waals surface area contributed by atoms with Crippen LogP contribution in [0, 0.1) is 5.82 Å². The number of carbonyl (C=O) groups is 2. The highest BCUT2D eigenvalue weighted by Crippen LogP contribution is 2.44. The highest BCUT2D eigenvalue weighted by molar-refractivity contribution is 7.15. The van der Waals surface area contributed by atoms with Crippen LogP contribution in [0.2, 0.25) is 0 Å². The topological polar surface area (TPSA) is 102 Å². The van der Waals surface area contributed by atoms with E-state index in [1.807, 2.05) is 6.92 Å². The van der Waals surface area contributed by atoms with Gasteiger partial charge in [-0.1, -0.05) is 24.3 Å². The van der Waals surface area contributed by atoms with Crippen LogP contribution in [-0.4, -0.2) is 41.2 Å². The molecule has 1 aliphatic rings. The van der Waals surface area contributed by atoms with Gasteiger partial charge in [0.25, 0.3) is 5.78 Å². The Morgan fingerprint density at radius 1 is 1.09 bits per heavy atom. The van der Waals surface area contributed by atoms with E-state index in [4.69, 9.17) is 9.47 Å². The maximum Gasteiger partial charge on any atom is 0.301 e. The highest BCUT2D eigenvalue weighted by atomic mass is 32.1. The largest absolute Gasteiger partial charge is 0.507 e. The van der Waals surface area contributed by atoms with Crippen molar-refractivity contribution >= 4 is 33.9 Å². The van der Waals surface area contributed by atoms with Crippen molar-refractivity contribution in [2.75, 3.05) is 19.1 Å². The lowest BCUT2D eigenvalue weighted by molar-refractivity contribution is -0.132. The van der Waals surface area contributed by atoms with Gasteiger partial charge in [-0.05, 0) is 48.4 Å². The van der Waals surface area contributed by atoms with Gasteiger partial charge in [-0.3, -0.25) is 14.5 Å². The van der Waals surface area contributed by atoms with E-state index in [-0.39, 0.29) is 16.3 Å². The molecule has 0 radical (unpaired) electrons. The van der Waals surface area contributed by atoms with Crippen LogP contribution in [0.5, 0.6) is 11.5 Å². The summed E-state index contributed by atoms with van der Waals surface area (Å²) in [5.74, 6) is -1.81. The molecule has 0 aliphatic carbocycles. The van der Waals surface area contributed by atoms with Gasteiger partial charge < -0.3 is 14.6 Å². The van der Waals surface area contributed by atoms with Gasteiger partial charge in [0.05, 0.1) is 25.8 Å². The molecule has 0 spiro atoms. The first-order valence-corrected chi connectivity index (χ1v) is 10.8. The number of hydrogen-bond acceptors (Lipinski definition) is 8. The molecule has 1 aliphatic heterocycles. The Balaban J connectivity index is 1.95. The number of rotatable bonds is 6. The molecule has 0 bridgehead atoms. The van der Waals surface area contributed by atoms with Crippen molar-refractivity contribution in [2.45, 2.75) is 19.4 Å². The number of methoxy groups -OCH3 is 2. The molecule has 8 nitrogen and oxygen atoms in total. The second kappa shape index (κ2) is 8.99. The maximum absolute atomic E-state index is 13.4. The molecule has 1 fully saturated rings. The monoisotopic (exact) mass is 469 g/mol. The van der Waals surface area contributed by atoms with Crippen LogP contribution in [-0.2, 0) is 16.0 Å². The molecular formula is C23H20FN3O5S. The van der Waals surface area contributed by atoms with Crippen molar-refractivity contribution in [1.82, 2.24) is 10.2 Å². The number of ketones is 1. The van der Waals surface area contributed by atoms with Gasteiger partial charge in [-0.2, -0.15) is 0 Å². The van der Waals surface area contributed by atoms with Gasteiger partial charge in [-0.15, -0.1) is 10.2 Å². The van der Waals surface area contributed by atoms with E-state index in [0.717, 1.165) is 12.1 Å². The SMILES string of the molecule is CCc1nnc(N2C(=O)C(=O)/C(=C(/O)c3ccc(F)cc3)C2c2ccc(OC)c(OC)c2)s1. The first kappa shape index (κ1) is 22.4. The summed E-state index contributed by atoms with van der Waals surface area (Å²) in [7, 11) is 2.96. The molecule has 2 heterocycles. The number of aryl methyl sites for hydroxylation is 1. The third-order valence-corrected chi connectivity index (χ3v) is 6.32. The normalized spacial score (nSPS) is 17.5. The molecule has 1 saturated heterocycles. The van der Waals surface area contributed by atoms with Crippen LogP contribution >= 0.6 is 11.3 Å². The number of ether oxygens (including phenoxy) is 2. The second-order valence-electron chi connectivity index (χ2n) is 7.12. The summed E-state index contributed by atoms with van der Waals surface area (Å²) in [5, 5.41) is 20.1. The van der Waals surface area contributed by atoms with E-state index in [9.17, 15) is 19.1 Å². The van der Waals surface area contributed by atoms with Gasteiger partial charge in [0, 0.05) is 5.56 Å². The lowest BCUT2D eigenvalue weighted by Crippen LogP contribution is -2.29. The first-order chi connectivity index (χ1) is 15.9. The van der Waals surface area contributed by atoms with Crippen molar-refractivity contribution in [3.8, 4) is 11.5 Å². The third-order valence-electron chi connectivity index (χ3n) is 5.25. The van der Waals surface area contributed by atoms with Crippen LogP contribution in [0.4, 0.5) is 9.52 Å². The Morgan fingerprint density at radius 3 is 2.39 bits per heavy atom. The predicted octanol–water partition coefficient (Wildman–Crippen LogP) is 3.88.